The van der Waals surface area contributed by atoms with Crippen molar-refractivity contribution in [2.45, 2.75) is 11.9 Å². The fourth-order valence-electron chi connectivity index (χ4n) is 2.82. The predicted octanol–water partition coefficient (Wildman–Crippen LogP) is 4.13. The van der Waals surface area contributed by atoms with E-state index in [4.69, 9.17) is 21.1 Å². The van der Waals surface area contributed by atoms with E-state index in [9.17, 15) is 4.79 Å². The molecule has 0 N–H and O–H groups in total. The van der Waals surface area contributed by atoms with E-state index in [0.717, 1.165) is 11.1 Å². The molecule has 0 spiro atoms. The summed E-state index contributed by atoms with van der Waals surface area (Å²) in [4.78, 5) is 14.3. The Bertz CT molecular complexity index is 731. The minimum atomic E-state index is -0.0641. The summed E-state index contributed by atoms with van der Waals surface area (Å²) in [6.07, 6.45) is 0. The first kappa shape index (κ1) is 17.0. The Kier molecular flexibility index (Phi) is 5.21. The SMILES string of the molecule is COc1cccc(OC)c1CN1C(=O)CSC1c1cccc(Cl)c1. The first-order valence-corrected chi connectivity index (χ1v) is 8.93. The van der Waals surface area contributed by atoms with E-state index >= 15 is 0 Å². The van der Waals surface area contributed by atoms with Gasteiger partial charge in [0.2, 0.25) is 5.91 Å². The molecule has 0 aliphatic carbocycles. The Labute approximate surface area is 150 Å². The van der Waals surface area contributed by atoms with Crippen LogP contribution in [0.2, 0.25) is 5.02 Å². The van der Waals surface area contributed by atoms with Gasteiger partial charge >= 0.3 is 0 Å². The van der Waals surface area contributed by atoms with Gasteiger partial charge in [0.1, 0.15) is 16.9 Å². The van der Waals surface area contributed by atoms with Gasteiger partial charge in [-0.3, -0.25) is 4.79 Å². The second-order valence-corrected chi connectivity index (χ2v) is 6.89. The van der Waals surface area contributed by atoms with Crippen molar-refractivity contribution in [1.29, 1.82) is 0 Å². The number of halogens is 1. The van der Waals surface area contributed by atoms with E-state index in [-0.39, 0.29) is 11.3 Å². The van der Waals surface area contributed by atoms with E-state index in [0.29, 0.717) is 28.8 Å². The van der Waals surface area contributed by atoms with Crippen molar-refractivity contribution in [2.24, 2.45) is 0 Å². The zero-order chi connectivity index (χ0) is 17.1. The fraction of sp³-hybridized carbons (Fsp3) is 0.278. The lowest BCUT2D eigenvalue weighted by Crippen LogP contribution is -2.28. The molecule has 1 aliphatic heterocycles. The molecule has 6 heteroatoms. The first-order valence-electron chi connectivity index (χ1n) is 7.50. The fourth-order valence-corrected chi connectivity index (χ4v) is 4.19. The summed E-state index contributed by atoms with van der Waals surface area (Å²) in [6, 6.07) is 13.3. The lowest BCUT2D eigenvalue weighted by Gasteiger charge is -2.26. The molecule has 24 heavy (non-hydrogen) atoms. The third kappa shape index (κ3) is 3.32. The monoisotopic (exact) mass is 363 g/mol. The summed E-state index contributed by atoms with van der Waals surface area (Å²) < 4.78 is 10.9. The van der Waals surface area contributed by atoms with Crippen LogP contribution < -0.4 is 9.47 Å². The minimum absolute atomic E-state index is 0.0641. The van der Waals surface area contributed by atoms with Crippen LogP contribution in [0.25, 0.3) is 0 Å². The molecule has 1 unspecified atom stereocenters. The van der Waals surface area contributed by atoms with Crippen LogP contribution in [0.15, 0.2) is 42.5 Å². The minimum Gasteiger partial charge on any atom is -0.496 e. The summed E-state index contributed by atoms with van der Waals surface area (Å²) >= 11 is 7.71. The van der Waals surface area contributed by atoms with Gasteiger partial charge in [0.05, 0.1) is 32.1 Å². The number of amides is 1. The summed E-state index contributed by atoms with van der Waals surface area (Å²) in [5, 5.41) is 0.605. The highest BCUT2D eigenvalue weighted by atomic mass is 35.5. The van der Waals surface area contributed by atoms with Gasteiger partial charge in [-0.15, -0.1) is 11.8 Å². The number of carbonyl (C=O) groups is 1. The van der Waals surface area contributed by atoms with Crippen molar-refractivity contribution in [1.82, 2.24) is 4.90 Å². The maximum atomic E-state index is 12.4. The topological polar surface area (TPSA) is 38.8 Å². The molecule has 1 aliphatic rings. The Balaban J connectivity index is 1.94. The number of thioether (sulfide) groups is 1. The maximum Gasteiger partial charge on any atom is 0.234 e. The van der Waals surface area contributed by atoms with Crippen LogP contribution in [-0.2, 0) is 11.3 Å². The molecule has 1 fully saturated rings. The van der Waals surface area contributed by atoms with Crippen molar-refractivity contribution in [3.05, 3.63) is 58.6 Å². The molecular weight excluding hydrogens is 346 g/mol. The largest absolute Gasteiger partial charge is 0.496 e. The van der Waals surface area contributed by atoms with Gasteiger partial charge in [-0.05, 0) is 29.8 Å². The number of nitrogens with zero attached hydrogens (tertiary/aromatic N) is 1. The lowest BCUT2D eigenvalue weighted by molar-refractivity contribution is -0.128. The molecule has 1 heterocycles. The number of carbonyl (C=O) groups excluding carboxylic acids is 1. The van der Waals surface area contributed by atoms with Gasteiger partial charge in [0.15, 0.2) is 0 Å². The Morgan fingerprint density at radius 1 is 1.17 bits per heavy atom. The predicted molar refractivity (Wildman–Crippen MR) is 96.7 cm³/mol. The number of methoxy groups -OCH3 is 2. The van der Waals surface area contributed by atoms with Gasteiger partial charge in [-0.1, -0.05) is 29.8 Å². The second kappa shape index (κ2) is 7.36. The van der Waals surface area contributed by atoms with Gasteiger partial charge in [0.25, 0.3) is 0 Å². The zero-order valence-electron chi connectivity index (χ0n) is 13.5. The van der Waals surface area contributed by atoms with Crippen molar-refractivity contribution in [3.8, 4) is 11.5 Å². The lowest BCUT2D eigenvalue weighted by atomic mass is 10.1. The number of rotatable bonds is 5. The first-order chi connectivity index (χ1) is 11.6. The number of hydrogen-bond acceptors (Lipinski definition) is 4. The molecule has 126 valence electrons. The normalized spacial score (nSPS) is 17.2. The van der Waals surface area contributed by atoms with Gasteiger partial charge < -0.3 is 14.4 Å². The highest BCUT2D eigenvalue weighted by Gasteiger charge is 2.34. The molecule has 0 bridgehead atoms. The number of benzene rings is 2. The Morgan fingerprint density at radius 3 is 2.46 bits per heavy atom. The third-order valence-corrected chi connectivity index (χ3v) is 5.45. The summed E-state index contributed by atoms with van der Waals surface area (Å²) in [7, 11) is 3.24. The molecule has 0 radical (unpaired) electrons. The van der Waals surface area contributed by atoms with E-state index in [2.05, 4.69) is 0 Å². The molecule has 2 aromatic rings. The zero-order valence-corrected chi connectivity index (χ0v) is 15.1. The van der Waals surface area contributed by atoms with Crippen LogP contribution in [0.4, 0.5) is 0 Å². The van der Waals surface area contributed by atoms with E-state index in [1.54, 1.807) is 26.0 Å². The summed E-state index contributed by atoms with van der Waals surface area (Å²) in [6.45, 7) is 0.427. The maximum absolute atomic E-state index is 12.4. The third-order valence-electron chi connectivity index (χ3n) is 3.96. The second-order valence-electron chi connectivity index (χ2n) is 5.38. The average molecular weight is 364 g/mol. The van der Waals surface area contributed by atoms with Crippen LogP contribution in [-0.4, -0.2) is 30.8 Å². The van der Waals surface area contributed by atoms with E-state index in [1.165, 1.54) is 0 Å². The van der Waals surface area contributed by atoms with Crippen molar-refractivity contribution in [3.63, 3.8) is 0 Å². The highest BCUT2D eigenvalue weighted by Crippen LogP contribution is 2.42. The van der Waals surface area contributed by atoms with Crippen LogP contribution in [0.5, 0.6) is 11.5 Å². The molecule has 2 aromatic carbocycles. The number of ether oxygens (including phenoxy) is 2. The average Bonchev–Trinajstić information content (AvgIpc) is 2.96. The Hall–Kier alpha value is -1.85. The van der Waals surface area contributed by atoms with Gasteiger partial charge in [-0.25, -0.2) is 0 Å². The van der Waals surface area contributed by atoms with Crippen molar-refractivity contribution in [2.75, 3.05) is 20.0 Å². The van der Waals surface area contributed by atoms with Crippen LogP contribution in [0.3, 0.4) is 0 Å². The van der Waals surface area contributed by atoms with E-state index < -0.39 is 0 Å². The Morgan fingerprint density at radius 2 is 1.83 bits per heavy atom. The van der Waals surface area contributed by atoms with Gasteiger partial charge in [0, 0.05) is 5.02 Å². The summed E-state index contributed by atoms with van der Waals surface area (Å²) in [5.74, 6) is 1.97. The van der Waals surface area contributed by atoms with Crippen LogP contribution in [0.1, 0.15) is 16.5 Å². The van der Waals surface area contributed by atoms with Crippen LogP contribution >= 0.6 is 23.4 Å². The molecular formula is C18H18ClNO3S. The molecule has 1 saturated heterocycles. The van der Waals surface area contributed by atoms with Crippen molar-refractivity contribution < 1.29 is 14.3 Å². The summed E-state index contributed by atoms with van der Waals surface area (Å²) in [5.41, 5.74) is 1.89. The molecule has 1 amide bonds. The van der Waals surface area contributed by atoms with Crippen molar-refractivity contribution >= 4 is 29.3 Å². The van der Waals surface area contributed by atoms with Crippen LogP contribution in [0, 0.1) is 0 Å². The van der Waals surface area contributed by atoms with E-state index in [1.807, 2.05) is 47.4 Å². The van der Waals surface area contributed by atoms with Gasteiger partial charge in [-0.2, -0.15) is 0 Å². The smallest absolute Gasteiger partial charge is 0.234 e. The quantitative estimate of drug-likeness (QED) is 0.800. The molecule has 0 aromatic heterocycles. The molecule has 3 rings (SSSR count). The number of hydrogen-bond donors (Lipinski definition) is 0. The molecule has 4 nitrogen and oxygen atoms in total. The molecule has 1 atom stereocenters. The standard InChI is InChI=1S/C18H18ClNO3S/c1-22-15-7-4-8-16(23-2)14(15)10-20-17(21)11-24-18(20)12-5-3-6-13(19)9-12/h3-9,18H,10-11H2,1-2H3. The highest BCUT2D eigenvalue weighted by molar-refractivity contribution is 8.00. The molecule has 0 saturated carbocycles.